The van der Waals surface area contributed by atoms with E-state index >= 15 is 0 Å². The van der Waals surface area contributed by atoms with E-state index in [1.54, 1.807) is 7.11 Å². The zero-order chi connectivity index (χ0) is 16.8. The van der Waals surface area contributed by atoms with Crippen LogP contribution in [0.3, 0.4) is 0 Å². The first kappa shape index (κ1) is 23.7. The summed E-state index contributed by atoms with van der Waals surface area (Å²) in [6.07, 6.45) is 0.804. The normalized spacial score (nSPS) is 13.0. The second-order valence-corrected chi connectivity index (χ2v) is 6.19. The van der Waals surface area contributed by atoms with Crippen molar-refractivity contribution in [1.82, 2.24) is 15.3 Å². The van der Waals surface area contributed by atoms with Gasteiger partial charge in [-0.25, -0.2) is 4.98 Å². The van der Waals surface area contributed by atoms with E-state index in [4.69, 9.17) is 10.5 Å². The second-order valence-electron chi connectivity index (χ2n) is 6.19. The van der Waals surface area contributed by atoms with Crippen LogP contribution in [-0.2, 0) is 9.53 Å². The number of amides is 1. The van der Waals surface area contributed by atoms with E-state index in [-0.39, 0.29) is 49.3 Å². The Hall–Kier alpha value is -1.34. The fourth-order valence-electron chi connectivity index (χ4n) is 2.57. The van der Waals surface area contributed by atoms with Crippen molar-refractivity contribution in [3.05, 3.63) is 30.1 Å². The van der Waals surface area contributed by atoms with Crippen molar-refractivity contribution in [1.29, 1.82) is 0 Å². The molecule has 2 aromatic rings. The Morgan fingerprint density at radius 2 is 2.00 bits per heavy atom. The van der Waals surface area contributed by atoms with Gasteiger partial charge in [0.05, 0.1) is 29.6 Å². The molecule has 0 saturated carbocycles. The number of nitrogens with zero attached hydrogens (tertiary/aromatic N) is 1. The van der Waals surface area contributed by atoms with Gasteiger partial charge in [0.25, 0.3) is 0 Å². The van der Waals surface area contributed by atoms with Crippen LogP contribution in [-0.4, -0.2) is 35.6 Å². The molecule has 1 aromatic heterocycles. The van der Waals surface area contributed by atoms with E-state index in [9.17, 15) is 4.79 Å². The molecule has 0 aliphatic rings. The summed E-state index contributed by atoms with van der Waals surface area (Å²) in [7, 11) is 1.57. The summed E-state index contributed by atoms with van der Waals surface area (Å²) in [5.41, 5.74) is 7.46. The van der Waals surface area contributed by atoms with Gasteiger partial charge < -0.3 is 20.8 Å². The molecule has 0 aliphatic heterocycles. The number of imidazole rings is 1. The van der Waals surface area contributed by atoms with Crippen molar-refractivity contribution in [2.75, 3.05) is 13.7 Å². The zero-order valence-electron chi connectivity index (χ0n) is 14.8. The Kier molecular flexibility index (Phi) is 10.7. The maximum Gasteiger partial charge on any atom is 0.223 e. The summed E-state index contributed by atoms with van der Waals surface area (Å²) < 4.78 is 5.18. The molecule has 0 saturated heterocycles. The van der Waals surface area contributed by atoms with Crippen LogP contribution in [0.2, 0.25) is 0 Å². The third-order valence-electron chi connectivity index (χ3n) is 3.79. The molecule has 142 valence electrons. The minimum absolute atomic E-state index is 0. The number of nitrogens with one attached hydrogen (secondary N) is 2. The van der Waals surface area contributed by atoms with Crippen LogP contribution in [0.15, 0.2) is 24.3 Å². The molecule has 0 fully saturated rings. The molecule has 2 rings (SSSR count). The first-order valence-electron chi connectivity index (χ1n) is 8.00. The van der Waals surface area contributed by atoms with Crippen LogP contribution in [0.1, 0.15) is 38.6 Å². The van der Waals surface area contributed by atoms with Gasteiger partial charge >= 0.3 is 0 Å². The van der Waals surface area contributed by atoms with Crippen molar-refractivity contribution in [3.63, 3.8) is 0 Å². The van der Waals surface area contributed by atoms with Gasteiger partial charge in [-0.15, -0.1) is 24.8 Å². The lowest BCUT2D eigenvalue weighted by molar-refractivity contribution is -0.124. The molecule has 0 radical (unpaired) electrons. The van der Waals surface area contributed by atoms with Gasteiger partial charge in [0, 0.05) is 13.7 Å². The standard InChI is InChI=1S/C17H26N4O2.2ClH/c1-11(2)8-15(19-16(22)9-12(10-18)23-3)17-20-13-6-4-5-7-14(13)21-17;;/h4-7,11-12,15H,8-10,18H2,1-3H3,(H,19,22)(H,20,21);2*1H. The van der Waals surface area contributed by atoms with Crippen molar-refractivity contribution in [2.24, 2.45) is 11.7 Å². The second kappa shape index (κ2) is 11.3. The predicted octanol–water partition coefficient (Wildman–Crippen LogP) is 2.97. The highest BCUT2D eigenvalue weighted by Gasteiger charge is 2.21. The molecule has 0 aliphatic carbocycles. The van der Waals surface area contributed by atoms with Crippen LogP contribution < -0.4 is 11.1 Å². The number of H-pyrrole nitrogens is 1. The number of benzene rings is 1. The minimum atomic E-state index is -0.259. The van der Waals surface area contributed by atoms with Crippen LogP contribution in [0, 0.1) is 5.92 Å². The van der Waals surface area contributed by atoms with E-state index in [2.05, 4.69) is 29.1 Å². The SMILES string of the molecule is COC(CN)CC(=O)NC(CC(C)C)c1nc2ccccc2[nH]1.Cl.Cl. The molecule has 25 heavy (non-hydrogen) atoms. The van der Waals surface area contributed by atoms with Gasteiger partial charge in [0.15, 0.2) is 0 Å². The fourth-order valence-corrected chi connectivity index (χ4v) is 2.57. The fraction of sp³-hybridized carbons (Fsp3) is 0.529. The van der Waals surface area contributed by atoms with Gasteiger partial charge in [0.1, 0.15) is 5.82 Å². The number of hydrogen-bond acceptors (Lipinski definition) is 4. The first-order chi connectivity index (χ1) is 11.0. The van der Waals surface area contributed by atoms with E-state index in [1.807, 2.05) is 24.3 Å². The molecule has 8 heteroatoms. The van der Waals surface area contributed by atoms with E-state index < -0.39 is 0 Å². The number of nitrogens with two attached hydrogens (primary N) is 1. The number of aromatic amines is 1. The summed E-state index contributed by atoms with van der Waals surface area (Å²) >= 11 is 0. The number of carbonyl (C=O) groups is 1. The Bertz CT molecular complexity index is 611. The molecule has 6 nitrogen and oxygen atoms in total. The molecule has 1 heterocycles. The molecule has 4 N–H and O–H groups in total. The zero-order valence-corrected chi connectivity index (χ0v) is 16.5. The number of ether oxygens (including phenoxy) is 1. The molecule has 1 amide bonds. The number of para-hydroxylation sites is 2. The predicted molar refractivity (Wildman–Crippen MR) is 105 cm³/mol. The Balaban J connectivity index is 0.00000288. The largest absolute Gasteiger partial charge is 0.380 e. The van der Waals surface area contributed by atoms with Crippen molar-refractivity contribution in [2.45, 2.75) is 38.8 Å². The number of carbonyl (C=O) groups excluding carboxylic acids is 1. The summed E-state index contributed by atoms with van der Waals surface area (Å²) in [5.74, 6) is 1.14. The highest BCUT2D eigenvalue weighted by atomic mass is 35.5. The summed E-state index contributed by atoms with van der Waals surface area (Å²) in [6.45, 7) is 4.57. The van der Waals surface area contributed by atoms with Crippen molar-refractivity contribution < 1.29 is 9.53 Å². The third-order valence-corrected chi connectivity index (χ3v) is 3.79. The van der Waals surface area contributed by atoms with Crippen molar-refractivity contribution >= 4 is 41.8 Å². The third kappa shape index (κ3) is 6.82. The van der Waals surface area contributed by atoms with Crippen molar-refractivity contribution in [3.8, 4) is 0 Å². The number of fused-ring (bicyclic) bond motifs is 1. The van der Waals surface area contributed by atoms with Crippen LogP contribution >= 0.6 is 24.8 Å². The molecule has 0 bridgehead atoms. The Morgan fingerprint density at radius 3 is 2.56 bits per heavy atom. The Morgan fingerprint density at radius 1 is 1.32 bits per heavy atom. The summed E-state index contributed by atoms with van der Waals surface area (Å²) in [6, 6.07) is 7.71. The smallest absolute Gasteiger partial charge is 0.223 e. The minimum Gasteiger partial charge on any atom is -0.380 e. The Labute approximate surface area is 161 Å². The number of hydrogen-bond donors (Lipinski definition) is 3. The molecule has 2 atom stereocenters. The lowest BCUT2D eigenvalue weighted by Crippen LogP contribution is -2.35. The van der Waals surface area contributed by atoms with E-state index in [0.29, 0.717) is 12.5 Å². The van der Waals surface area contributed by atoms with Gasteiger partial charge in [-0.1, -0.05) is 26.0 Å². The topological polar surface area (TPSA) is 93.0 Å². The van der Waals surface area contributed by atoms with Crippen LogP contribution in [0.25, 0.3) is 11.0 Å². The molecular weight excluding hydrogens is 363 g/mol. The number of halogens is 2. The molecule has 2 unspecified atom stereocenters. The quantitative estimate of drug-likeness (QED) is 0.645. The lowest BCUT2D eigenvalue weighted by Gasteiger charge is -2.20. The number of methoxy groups -OCH3 is 1. The van der Waals surface area contributed by atoms with Crippen LogP contribution in [0.4, 0.5) is 0 Å². The van der Waals surface area contributed by atoms with E-state index in [0.717, 1.165) is 23.3 Å². The highest BCUT2D eigenvalue weighted by Crippen LogP contribution is 2.22. The monoisotopic (exact) mass is 390 g/mol. The van der Waals surface area contributed by atoms with Gasteiger partial charge in [-0.05, 0) is 24.5 Å². The molecule has 1 aromatic carbocycles. The maximum atomic E-state index is 12.3. The van der Waals surface area contributed by atoms with Gasteiger partial charge in [0.2, 0.25) is 5.91 Å². The van der Waals surface area contributed by atoms with Crippen LogP contribution in [0.5, 0.6) is 0 Å². The summed E-state index contributed by atoms with van der Waals surface area (Å²) in [5, 5.41) is 3.06. The molecule has 0 spiro atoms. The van der Waals surface area contributed by atoms with Gasteiger partial charge in [-0.2, -0.15) is 0 Å². The molecular formula is C17H28Cl2N4O2. The van der Waals surface area contributed by atoms with Gasteiger partial charge in [-0.3, -0.25) is 4.79 Å². The van der Waals surface area contributed by atoms with E-state index in [1.165, 1.54) is 0 Å². The lowest BCUT2D eigenvalue weighted by atomic mass is 10.0. The maximum absolute atomic E-state index is 12.3. The average Bonchev–Trinajstić information content (AvgIpc) is 2.95. The summed E-state index contributed by atoms with van der Waals surface area (Å²) in [4.78, 5) is 20.2. The number of rotatable bonds is 8. The average molecular weight is 391 g/mol. The highest BCUT2D eigenvalue weighted by molar-refractivity contribution is 5.85. The number of aromatic nitrogens is 2. The first-order valence-corrected chi connectivity index (χ1v) is 8.00.